The van der Waals surface area contributed by atoms with Gasteiger partial charge in [0.05, 0.1) is 28.6 Å². The summed E-state index contributed by atoms with van der Waals surface area (Å²) in [5, 5.41) is 13.5. The van der Waals surface area contributed by atoms with Gasteiger partial charge in [-0.25, -0.2) is 4.68 Å². The quantitative estimate of drug-likeness (QED) is 0.810. The molecule has 0 fully saturated rings. The van der Waals surface area contributed by atoms with Gasteiger partial charge in [-0.15, -0.1) is 0 Å². The van der Waals surface area contributed by atoms with Gasteiger partial charge >= 0.3 is 0 Å². The third-order valence-electron chi connectivity index (χ3n) is 2.90. The summed E-state index contributed by atoms with van der Waals surface area (Å²) in [5.74, 6) is 0.383. The van der Waals surface area contributed by atoms with E-state index in [2.05, 4.69) is 25.0 Å². The van der Waals surface area contributed by atoms with Gasteiger partial charge in [-0.3, -0.25) is 4.79 Å². The predicted octanol–water partition coefficient (Wildman–Crippen LogP) is 3.41. The normalized spacial score (nSPS) is 10.6. The van der Waals surface area contributed by atoms with Crippen LogP contribution >= 0.6 is 11.6 Å². The Balaban J connectivity index is 2.48. The van der Waals surface area contributed by atoms with Crippen LogP contribution in [0.3, 0.4) is 0 Å². The van der Waals surface area contributed by atoms with E-state index < -0.39 is 0 Å². The van der Waals surface area contributed by atoms with Crippen LogP contribution in [0, 0.1) is 17.2 Å². The Morgan fingerprint density at radius 1 is 1.40 bits per heavy atom. The Kier molecular flexibility index (Phi) is 4.21. The second-order valence-corrected chi connectivity index (χ2v) is 5.30. The molecule has 0 aliphatic carbocycles. The molecule has 2 rings (SSSR count). The van der Waals surface area contributed by atoms with Crippen molar-refractivity contribution in [1.29, 1.82) is 5.26 Å². The molecule has 0 atom stereocenters. The summed E-state index contributed by atoms with van der Waals surface area (Å²) in [6, 6.07) is 8.95. The molecule has 0 spiro atoms. The molecular formula is C15H14ClN3O. The molecule has 5 heteroatoms. The van der Waals surface area contributed by atoms with E-state index in [4.69, 9.17) is 16.9 Å². The summed E-state index contributed by atoms with van der Waals surface area (Å²) in [5.41, 5.74) is 2.43. The van der Waals surface area contributed by atoms with Crippen LogP contribution < -0.4 is 0 Å². The van der Waals surface area contributed by atoms with Crippen LogP contribution in [-0.4, -0.2) is 16.1 Å². The molecule has 2 aromatic rings. The van der Waals surface area contributed by atoms with Crippen molar-refractivity contribution in [3.8, 4) is 11.8 Å². The zero-order chi connectivity index (χ0) is 14.7. The zero-order valence-electron chi connectivity index (χ0n) is 11.3. The lowest BCUT2D eigenvalue weighted by Crippen LogP contribution is -2.00. The van der Waals surface area contributed by atoms with Gasteiger partial charge in [0.25, 0.3) is 0 Å². The third-order valence-corrected chi connectivity index (χ3v) is 3.26. The van der Waals surface area contributed by atoms with Gasteiger partial charge in [0.15, 0.2) is 6.29 Å². The van der Waals surface area contributed by atoms with E-state index in [1.54, 1.807) is 24.3 Å². The average Bonchev–Trinajstić information content (AvgIpc) is 2.74. The molecule has 1 aromatic carbocycles. The highest BCUT2D eigenvalue weighted by molar-refractivity contribution is 6.32. The summed E-state index contributed by atoms with van der Waals surface area (Å²) in [6.07, 6.45) is 1.43. The van der Waals surface area contributed by atoms with Crippen LogP contribution in [0.1, 0.15) is 35.5 Å². The standard InChI is InChI=1S/C15H14ClN3O/c1-10(2)7-14-13(9-20)15(16)19(18-14)12-5-3-11(8-17)4-6-12/h3-6,9-10H,7H2,1-2H3. The fraction of sp³-hybridized carbons (Fsp3) is 0.267. The molecule has 0 aliphatic rings. The van der Waals surface area contributed by atoms with Crippen molar-refractivity contribution < 1.29 is 4.79 Å². The van der Waals surface area contributed by atoms with Crippen molar-refractivity contribution in [1.82, 2.24) is 9.78 Å². The number of aromatic nitrogens is 2. The summed E-state index contributed by atoms with van der Waals surface area (Å²) in [6.45, 7) is 4.12. The second kappa shape index (κ2) is 5.89. The van der Waals surface area contributed by atoms with Crippen molar-refractivity contribution in [3.63, 3.8) is 0 Å². The number of hydrogen-bond donors (Lipinski definition) is 0. The van der Waals surface area contributed by atoms with E-state index in [1.165, 1.54) is 4.68 Å². The summed E-state index contributed by atoms with van der Waals surface area (Å²) in [7, 11) is 0. The van der Waals surface area contributed by atoms with Crippen molar-refractivity contribution in [2.24, 2.45) is 5.92 Å². The fourth-order valence-electron chi connectivity index (χ4n) is 1.95. The highest BCUT2D eigenvalue weighted by Crippen LogP contribution is 2.24. The van der Waals surface area contributed by atoms with Gasteiger partial charge in [-0.05, 0) is 36.6 Å². The molecular weight excluding hydrogens is 274 g/mol. The van der Waals surface area contributed by atoms with E-state index in [0.29, 0.717) is 34.3 Å². The first kappa shape index (κ1) is 14.3. The summed E-state index contributed by atoms with van der Waals surface area (Å²) < 4.78 is 1.53. The molecule has 4 nitrogen and oxygen atoms in total. The van der Waals surface area contributed by atoms with Gasteiger partial charge in [0.2, 0.25) is 0 Å². The minimum absolute atomic E-state index is 0.306. The molecule has 1 aromatic heterocycles. The molecule has 102 valence electrons. The Bertz CT molecular complexity index is 666. The molecule has 0 bridgehead atoms. The largest absolute Gasteiger partial charge is 0.298 e. The van der Waals surface area contributed by atoms with Gasteiger partial charge < -0.3 is 0 Å². The lowest BCUT2D eigenvalue weighted by atomic mass is 10.1. The molecule has 0 N–H and O–H groups in total. The number of hydrogen-bond acceptors (Lipinski definition) is 3. The molecule has 20 heavy (non-hydrogen) atoms. The summed E-state index contributed by atoms with van der Waals surface area (Å²) in [4.78, 5) is 11.2. The van der Waals surface area contributed by atoms with Gasteiger partial charge in [-0.2, -0.15) is 10.4 Å². The molecule has 0 saturated carbocycles. The van der Waals surface area contributed by atoms with Crippen molar-refractivity contribution in [3.05, 3.63) is 46.2 Å². The number of aldehydes is 1. The number of rotatable bonds is 4. The van der Waals surface area contributed by atoms with Crippen molar-refractivity contribution >= 4 is 17.9 Å². The smallest absolute Gasteiger partial charge is 0.155 e. The lowest BCUT2D eigenvalue weighted by Gasteiger charge is -2.03. The number of carbonyl (C=O) groups excluding carboxylic acids is 1. The van der Waals surface area contributed by atoms with Crippen LogP contribution in [-0.2, 0) is 6.42 Å². The predicted molar refractivity (Wildman–Crippen MR) is 77.2 cm³/mol. The maximum Gasteiger partial charge on any atom is 0.155 e. The van der Waals surface area contributed by atoms with E-state index in [9.17, 15) is 4.79 Å². The minimum Gasteiger partial charge on any atom is -0.298 e. The van der Waals surface area contributed by atoms with Gasteiger partial charge in [-0.1, -0.05) is 25.4 Å². The number of halogens is 1. The second-order valence-electron chi connectivity index (χ2n) is 4.94. The molecule has 0 radical (unpaired) electrons. The van der Waals surface area contributed by atoms with Crippen molar-refractivity contribution in [2.75, 3.05) is 0 Å². The topological polar surface area (TPSA) is 58.7 Å². The number of nitriles is 1. The Labute approximate surface area is 122 Å². The molecule has 0 amide bonds. The van der Waals surface area contributed by atoms with E-state index in [1.807, 2.05) is 0 Å². The van der Waals surface area contributed by atoms with Crippen LogP contribution in [0.5, 0.6) is 0 Å². The van der Waals surface area contributed by atoms with Gasteiger partial charge in [0.1, 0.15) is 5.15 Å². The molecule has 0 aliphatic heterocycles. The summed E-state index contributed by atoms with van der Waals surface area (Å²) >= 11 is 6.23. The van der Waals surface area contributed by atoms with Gasteiger partial charge in [0, 0.05) is 0 Å². The minimum atomic E-state index is 0.306. The first-order chi connectivity index (χ1) is 9.56. The Hall–Kier alpha value is -2.12. The highest BCUT2D eigenvalue weighted by Gasteiger charge is 2.17. The SMILES string of the molecule is CC(C)Cc1nn(-c2ccc(C#N)cc2)c(Cl)c1C=O. The van der Waals surface area contributed by atoms with Crippen LogP contribution in [0.2, 0.25) is 5.15 Å². The fourth-order valence-corrected chi connectivity index (χ4v) is 2.24. The number of nitrogens with zero attached hydrogens (tertiary/aromatic N) is 3. The first-order valence-electron chi connectivity index (χ1n) is 6.30. The average molecular weight is 288 g/mol. The number of benzene rings is 1. The Morgan fingerprint density at radius 3 is 2.55 bits per heavy atom. The van der Waals surface area contributed by atoms with Crippen LogP contribution in [0.4, 0.5) is 0 Å². The molecule has 0 saturated heterocycles. The maximum atomic E-state index is 11.2. The maximum absolute atomic E-state index is 11.2. The van der Waals surface area contributed by atoms with E-state index in [0.717, 1.165) is 12.0 Å². The van der Waals surface area contributed by atoms with Crippen LogP contribution in [0.15, 0.2) is 24.3 Å². The van der Waals surface area contributed by atoms with Crippen molar-refractivity contribution in [2.45, 2.75) is 20.3 Å². The number of carbonyl (C=O) groups is 1. The monoisotopic (exact) mass is 287 g/mol. The highest BCUT2D eigenvalue weighted by atomic mass is 35.5. The third kappa shape index (κ3) is 2.73. The van der Waals surface area contributed by atoms with Crippen LogP contribution in [0.25, 0.3) is 5.69 Å². The first-order valence-corrected chi connectivity index (χ1v) is 6.67. The molecule has 0 unspecified atom stereocenters. The molecule has 1 heterocycles. The lowest BCUT2D eigenvalue weighted by molar-refractivity contribution is 0.112. The zero-order valence-corrected chi connectivity index (χ0v) is 12.1. The van der Waals surface area contributed by atoms with E-state index in [-0.39, 0.29) is 0 Å². The van der Waals surface area contributed by atoms with E-state index >= 15 is 0 Å². The Morgan fingerprint density at radius 2 is 2.05 bits per heavy atom.